The Hall–Kier alpha value is -0.570. The van der Waals surface area contributed by atoms with Crippen LogP contribution in [0.2, 0.25) is 0 Å². The third-order valence-corrected chi connectivity index (χ3v) is 3.57. The van der Waals surface area contributed by atoms with Crippen LogP contribution in [0.3, 0.4) is 0 Å². The van der Waals surface area contributed by atoms with E-state index in [0.717, 1.165) is 12.8 Å². The summed E-state index contributed by atoms with van der Waals surface area (Å²) in [5.74, 6) is -0.0987. The van der Waals surface area contributed by atoms with Gasteiger partial charge in [-0.25, -0.2) is 0 Å². The lowest BCUT2D eigenvalue weighted by Gasteiger charge is -2.43. The second kappa shape index (κ2) is 6.05. The van der Waals surface area contributed by atoms with E-state index in [0.29, 0.717) is 13.2 Å². The predicted molar refractivity (Wildman–Crippen MR) is 76.3 cm³/mol. The van der Waals surface area contributed by atoms with E-state index >= 15 is 0 Å². The molecular weight excluding hydrogens is 226 g/mol. The van der Waals surface area contributed by atoms with Gasteiger partial charge in [-0.15, -0.1) is 0 Å². The van der Waals surface area contributed by atoms with Crippen molar-refractivity contribution >= 4 is 5.97 Å². The van der Waals surface area contributed by atoms with Gasteiger partial charge in [0.1, 0.15) is 0 Å². The van der Waals surface area contributed by atoms with Crippen LogP contribution in [0.25, 0.3) is 0 Å². The molecule has 1 atom stereocenters. The van der Waals surface area contributed by atoms with Crippen molar-refractivity contribution in [1.29, 1.82) is 0 Å². The normalized spacial score (nSPS) is 16.2. The molecule has 0 fully saturated rings. The molecule has 108 valence electrons. The smallest absolute Gasteiger partial charge is 0.312 e. The number of nitrogens with two attached hydrogens (primary N) is 1. The van der Waals surface area contributed by atoms with Crippen LogP contribution in [0.5, 0.6) is 0 Å². The Morgan fingerprint density at radius 1 is 1.06 bits per heavy atom. The van der Waals surface area contributed by atoms with E-state index < -0.39 is 5.41 Å². The molecular formula is C15H31NO2. The van der Waals surface area contributed by atoms with Crippen LogP contribution in [0.1, 0.15) is 61.3 Å². The summed E-state index contributed by atoms with van der Waals surface area (Å²) >= 11 is 0. The molecule has 0 amide bonds. The van der Waals surface area contributed by atoms with Gasteiger partial charge in [0.25, 0.3) is 0 Å². The first-order valence-electron chi connectivity index (χ1n) is 6.81. The van der Waals surface area contributed by atoms with Crippen LogP contribution in [0.15, 0.2) is 0 Å². The third kappa shape index (κ3) is 4.97. The molecule has 1 unspecified atom stereocenters. The van der Waals surface area contributed by atoms with Gasteiger partial charge in [0, 0.05) is 0 Å². The fourth-order valence-electron chi connectivity index (χ4n) is 2.11. The van der Waals surface area contributed by atoms with E-state index in [-0.39, 0.29) is 16.8 Å². The van der Waals surface area contributed by atoms with Crippen LogP contribution in [-0.4, -0.2) is 19.1 Å². The van der Waals surface area contributed by atoms with Crippen LogP contribution < -0.4 is 5.73 Å². The summed E-state index contributed by atoms with van der Waals surface area (Å²) in [6.07, 6.45) is 1.53. The summed E-state index contributed by atoms with van der Waals surface area (Å²) in [4.78, 5) is 12.4. The predicted octanol–water partition coefficient (Wildman–Crippen LogP) is 3.37. The highest BCUT2D eigenvalue weighted by Crippen LogP contribution is 2.47. The van der Waals surface area contributed by atoms with Gasteiger partial charge >= 0.3 is 5.97 Å². The molecule has 18 heavy (non-hydrogen) atoms. The molecule has 0 aliphatic heterocycles. The van der Waals surface area contributed by atoms with Gasteiger partial charge in [-0.2, -0.15) is 0 Å². The number of hydrogen-bond donors (Lipinski definition) is 1. The Labute approximate surface area is 112 Å². The lowest BCUT2D eigenvalue weighted by atomic mass is 9.61. The highest BCUT2D eigenvalue weighted by molar-refractivity contribution is 5.77. The quantitative estimate of drug-likeness (QED) is 0.607. The van der Waals surface area contributed by atoms with Crippen LogP contribution >= 0.6 is 0 Å². The number of ether oxygens (including phenoxy) is 1. The van der Waals surface area contributed by atoms with Crippen LogP contribution in [-0.2, 0) is 9.53 Å². The molecule has 0 aliphatic rings. The Bertz CT molecular complexity index is 273. The molecule has 0 saturated carbocycles. The van der Waals surface area contributed by atoms with Crippen molar-refractivity contribution in [3.05, 3.63) is 0 Å². The molecule has 0 bridgehead atoms. The maximum Gasteiger partial charge on any atom is 0.312 e. The average molecular weight is 257 g/mol. The molecule has 0 rings (SSSR count). The van der Waals surface area contributed by atoms with Crippen molar-refractivity contribution in [3.8, 4) is 0 Å². The first-order chi connectivity index (χ1) is 7.94. The van der Waals surface area contributed by atoms with E-state index in [2.05, 4.69) is 41.5 Å². The zero-order valence-corrected chi connectivity index (χ0v) is 13.2. The molecule has 0 heterocycles. The van der Waals surface area contributed by atoms with Gasteiger partial charge in [-0.3, -0.25) is 4.79 Å². The van der Waals surface area contributed by atoms with Crippen LogP contribution in [0, 0.1) is 16.2 Å². The molecule has 0 spiro atoms. The van der Waals surface area contributed by atoms with Crippen molar-refractivity contribution in [2.24, 2.45) is 22.0 Å². The maximum absolute atomic E-state index is 12.4. The Balaban J connectivity index is 4.94. The Morgan fingerprint density at radius 2 is 1.56 bits per heavy atom. The SMILES string of the molecule is CC(C)(C)CC(C)(C(=O)OCCCN)C(C)(C)C. The molecule has 0 aromatic rings. The third-order valence-electron chi connectivity index (χ3n) is 3.57. The minimum atomic E-state index is -0.472. The van der Waals surface area contributed by atoms with E-state index in [9.17, 15) is 4.79 Å². The fourth-order valence-corrected chi connectivity index (χ4v) is 2.11. The fraction of sp³-hybridized carbons (Fsp3) is 0.933. The summed E-state index contributed by atoms with van der Waals surface area (Å²) in [7, 11) is 0. The Kier molecular flexibility index (Phi) is 5.86. The number of carbonyl (C=O) groups is 1. The number of carbonyl (C=O) groups excluding carboxylic acids is 1. The molecule has 0 aliphatic carbocycles. The lowest BCUT2D eigenvalue weighted by molar-refractivity contribution is -0.164. The minimum absolute atomic E-state index is 0.0922. The van der Waals surface area contributed by atoms with E-state index in [1.54, 1.807) is 0 Å². The zero-order valence-electron chi connectivity index (χ0n) is 13.2. The first-order valence-corrected chi connectivity index (χ1v) is 6.81. The highest BCUT2D eigenvalue weighted by Gasteiger charge is 2.47. The van der Waals surface area contributed by atoms with Gasteiger partial charge < -0.3 is 10.5 Å². The summed E-state index contributed by atoms with van der Waals surface area (Å²) < 4.78 is 5.40. The van der Waals surface area contributed by atoms with Gasteiger partial charge in [0.15, 0.2) is 0 Å². The van der Waals surface area contributed by atoms with Crippen LogP contribution in [0.4, 0.5) is 0 Å². The molecule has 3 heteroatoms. The number of rotatable bonds is 5. The van der Waals surface area contributed by atoms with Crippen molar-refractivity contribution in [1.82, 2.24) is 0 Å². The summed E-state index contributed by atoms with van der Waals surface area (Å²) in [6, 6.07) is 0. The topological polar surface area (TPSA) is 52.3 Å². The van der Waals surface area contributed by atoms with Gasteiger partial charge in [0.2, 0.25) is 0 Å². The van der Waals surface area contributed by atoms with E-state index in [1.165, 1.54) is 0 Å². The summed E-state index contributed by atoms with van der Waals surface area (Å²) in [5.41, 5.74) is 4.91. The second-order valence-electron chi connectivity index (χ2n) is 7.60. The Morgan fingerprint density at radius 3 is 1.89 bits per heavy atom. The van der Waals surface area contributed by atoms with Crippen molar-refractivity contribution in [2.75, 3.05) is 13.2 Å². The van der Waals surface area contributed by atoms with E-state index in [1.807, 2.05) is 6.92 Å². The first kappa shape index (κ1) is 17.4. The monoisotopic (exact) mass is 257 g/mol. The van der Waals surface area contributed by atoms with Crippen molar-refractivity contribution < 1.29 is 9.53 Å². The molecule has 0 radical (unpaired) electrons. The van der Waals surface area contributed by atoms with Gasteiger partial charge in [-0.05, 0) is 37.1 Å². The second-order valence-corrected chi connectivity index (χ2v) is 7.60. The highest BCUT2D eigenvalue weighted by atomic mass is 16.5. The molecule has 3 nitrogen and oxygen atoms in total. The maximum atomic E-state index is 12.4. The molecule has 0 aromatic carbocycles. The molecule has 0 saturated heterocycles. The van der Waals surface area contributed by atoms with E-state index in [4.69, 9.17) is 10.5 Å². The average Bonchev–Trinajstić information content (AvgIpc) is 2.13. The minimum Gasteiger partial charge on any atom is -0.465 e. The zero-order chi connectivity index (χ0) is 14.6. The summed E-state index contributed by atoms with van der Waals surface area (Å²) in [5, 5.41) is 0. The lowest BCUT2D eigenvalue weighted by Crippen LogP contribution is -2.44. The molecule has 2 N–H and O–H groups in total. The number of esters is 1. The standard InChI is InChI=1S/C15H31NO2/c1-13(2,3)11-15(7,14(4,5)6)12(17)18-10-8-9-16/h8-11,16H2,1-7H3. The van der Waals surface area contributed by atoms with Gasteiger partial charge in [0.05, 0.1) is 12.0 Å². The van der Waals surface area contributed by atoms with Crippen molar-refractivity contribution in [3.63, 3.8) is 0 Å². The summed E-state index contributed by atoms with van der Waals surface area (Å²) in [6.45, 7) is 15.8. The largest absolute Gasteiger partial charge is 0.465 e. The van der Waals surface area contributed by atoms with Crippen molar-refractivity contribution in [2.45, 2.75) is 61.3 Å². The molecule has 0 aromatic heterocycles. The van der Waals surface area contributed by atoms with Gasteiger partial charge in [-0.1, -0.05) is 41.5 Å². The number of hydrogen-bond acceptors (Lipinski definition) is 3.